The van der Waals surface area contributed by atoms with Gasteiger partial charge in [0.05, 0.1) is 90.5 Å². The molecule has 3 aromatic rings. The predicted molar refractivity (Wildman–Crippen MR) is 541 cm³/mol. The molecule has 12 N–H and O–H groups in total. The zero-order chi connectivity index (χ0) is 107. The number of benzene rings is 3. The van der Waals surface area contributed by atoms with Crippen LogP contribution in [0, 0.1) is 142 Å². The van der Waals surface area contributed by atoms with Gasteiger partial charge in [0.25, 0.3) is 0 Å². The number of phenols is 6. The Hall–Kier alpha value is -11.2. The molecule has 30 aliphatic rings. The molecule has 33 rings (SSSR count). The van der Waals surface area contributed by atoms with E-state index in [4.69, 9.17) is 54.7 Å². The summed E-state index contributed by atoms with van der Waals surface area (Å²) >= 11 is 0. The second kappa shape index (κ2) is 35.4. The van der Waals surface area contributed by atoms with E-state index < -0.39 is 85.9 Å². The second-order valence-electron chi connectivity index (χ2n) is 51.7. The van der Waals surface area contributed by atoms with Crippen molar-refractivity contribution < 1.29 is 136 Å². The van der Waals surface area contributed by atoms with E-state index in [0.29, 0.717) is 95.8 Å². The molecule has 18 aliphatic carbocycles. The third kappa shape index (κ3) is 15.9. The highest BCUT2D eigenvalue weighted by atomic mass is 16.6. The Bertz CT molecular complexity index is 6530. The van der Waals surface area contributed by atoms with E-state index in [-0.39, 0.29) is 198 Å². The number of nitrogens with one attached hydrogen (secondary N) is 2. The van der Waals surface area contributed by atoms with Crippen molar-refractivity contribution in [3.63, 3.8) is 0 Å². The normalized spacial score (nSPS) is 44.8. The van der Waals surface area contributed by atoms with Crippen LogP contribution in [-0.2, 0) is 81.0 Å². The summed E-state index contributed by atoms with van der Waals surface area (Å²) in [5.74, 6) is -1.34. The van der Waals surface area contributed by atoms with Crippen LogP contribution in [0.4, 0.5) is 17.1 Å². The van der Waals surface area contributed by atoms with Gasteiger partial charge in [-0.15, -0.1) is 0 Å². The molecule has 2 amide bonds. The van der Waals surface area contributed by atoms with Crippen molar-refractivity contribution in [2.75, 3.05) is 30.6 Å². The first-order valence-corrected chi connectivity index (χ1v) is 53.9. The number of ether oxygens (including phenoxy) is 8. The molecular weight excluding hydrogens is 1920 g/mol. The molecule has 24 bridgehead atoms. The molecule has 32 nitrogen and oxygen atoms in total. The molecule has 0 aromatic heterocycles. The number of methoxy groups -OCH3 is 2. The van der Waals surface area contributed by atoms with Crippen LogP contribution in [0.25, 0.3) is 0 Å². The highest BCUT2D eigenvalue weighted by Gasteiger charge is 2.78. The predicted octanol–water partition coefficient (Wildman–Crippen LogP) is 17.0. The Morgan fingerprint density at radius 2 is 0.713 bits per heavy atom. The number of hydrogen-bond acceptors (Lipinski definition) is 28. The maximum atomic E-state index is 13.1. The number of allylic oxidation sites excluding steroid dienone is 12. The molecular formula is C118H142N4O28. The SMILES string of the molecule is CC12CC34C=CC(=O)CC3C(CC1C4)O2.CC12CC34C=CC(=O)[C@@](C)(CCC#N)C3C(CC1C4)O2.CC12CC34C=CC(=O)[C@@](C)(CCC(=O)Nc5c(O)ccc(C(=O)O)c5O)C3C(CC1C4)O2.CC12CC34C=CC(=O)[C@@](C)(CCC(=O)O)C3C(CC1C4)O2.COC(=O)c1ccc(O)c(N)c1O.COC(=O)c1ccc(O)c(NC(=O)CC[C@]2(C)C(=O)C=CC34CC5CC(OC5(C)C3)C42)c1O.C[C@@H]1C(=O)C=CC23CC4CC(OC4(C)C2)C13. The summed E-state index contributed by atoms with van der Waals surface area (Å²) in [6.07, 6.45) is 46.8. The monoisotopic (exact) mass is 2060 g/mol. The van der Waals surface area contributed by atoms with Gasteiger partial charge in [-0.25, -0.2) is 14.4 Å². The Kier molecular flexibility index (Phi) is 24.7. The molecule has 12 heterocycles. The number of nitriles is 1. The average Bonchev–Trinajstić information content (AvgIpc) is 1.52. The average molecular weight is 2060 g/mol. The number of hydrogen-bond donors (Lipinski definition) is 11. The lowest BCUT2D eigenvalue weighted by molar-refractivity contribution is -0.170. The van der Waals surface area contributed by atoms with E-state index >= 15 is 0 Å². The zero-order valence-electron chi connectivity index (χ0n) is 87.7. The van der Waals surface area contributed by atoms with Crippen LogP contribution < -0.4 is 16.4 Å². The Morgan fingerprint density at radius 1 is 0.400 bits per heavy atom. The van der Waals surface area contributed by atoms with Gasteiger partial charge in [-0.1, -0.05) is 71.1 Å². The number of carboxylic acids is 2. The molecule has 35 atom stereocenters. The van der Waals surface area contributed by atoms with Gasteiger partial charge < -0.3 is 95.1 Å². The molecule has 12 aliphatic heterocycles. The highest BCUT2D eigenvalue weighted by Crippen LogP contribution is 2.78. The number of aliphatic carboxylic acids is 1. The number of aromatic hydroxyl groups is 6. The van der Waals surface area contributed by atoms with Crippen molar-refractivity contribution in [2.24, 2.45) is 131 Å². The number of carbonyl (C=O) groups is 12. The van der Waals surface area contributed by atoms with Crippen LogP contribution >= 0.6 is 0 Å². The molecule has 3 aromatic carbocycles. The molecule has 150 heavy (non-hydrogen) atoms. The summed E-state index contributed by atoms with van der Waals surface area (Å²) in [4.78, 5) is 145. The van der Waals surface area contributed by atoms with Gasteiger partial charge in [-0.2, -0.15) is 5.26 Å². The van der Waals surface area contributed by atoms with Crippen LogP contribution in [0.15, 0.2) is 109 Å². The first-order chi connectivity index (χ1) is 70.5. The number of nitrogen functional groups attached to an aromatic ring is 1. The summed E-state index contributed by atoms with van der Waals surface area (Å²) < 4.78 is 46.9. The third-order valence-corrected chi connectivity index (χ3v) is 43.1. The minimum atomic E-state index is -1.38. The summed E-state index contributed by atoms with van der Waals surface area (Å²) in [5.41, 5.74) is 1.95. The largest absolute Gasteiger partial charge is 0.506 e. The molecule has 12 saturated heterocycles. The van der Waals surface area contributed by atoms with Crippen LogP contribution in [-0.4, -0.2) is 196 Å². The lowest BCUT2D eigenvalue weighted by Crippen LogP contribution is -2.56. The van der Waals surface area contributed by atoms with Crippen molar-refractivity contribution >= 4 is 87.5 Å². The third-order valence-electron chi connectivity index (χ3n) is 43.1. The van der Waals surface area contributed by atoms with Gasteiger partial charge >= 0.3 is 23.9 Å². The lowest BCUT2D eigenvalue weighted by atomic mass is 9.51. The minimum Gasteiger partial charge on any atom is -0.506 e. The molecule has 32 heteroatoms. The maximum absolute atomic E-state index is 13.1. The van der Waals surface area contributed by atoms with Crippen molar-refractivity contribution in [3.05, 3.63) is 126 Å². The van der Waals surface area contributed by atoms with Gasteiger partial charge in [0.2, 0.25) is 11.8 Å². The fourth-order valence-corrected chi connectivity index (χ4v) is 37.0. The van der Waals surface area contributed by atoms with E-state index in [1.165, 1.54) is 64.2 Å². The summed E-state index contributed by atoms with van der Waals surface area (Å²) in [7, 11) is 2.35. The van der Waals surface area contributed by atoms with E-state index in [2.05, 4.69) is 118 Å². The van der Waals surface area contributed by atoms with Gasteiger partial charge in [0.1, 0.15) is 51.0 Å². The number of phenolic OH excluding ortho intramolecular Hbond substituents is 5. The quantitative estimate of drug-likeness (QED) is 0.0360. The summed E-state index contributed by atoms with van der Waals surface area (Å²) in [6, 6.07) is 9.22. The van der Waals surface area contributed by atoms with E-state index in [1.54, 1.807) is 18.2 Å². The van der Waals surface area contributed by atoms with Crippen LogP contribution in [0.1, 0.15) is 281 Å². The number of esters is 2. The van der Waals surface area contributed by atoms with Gasteiger partial charge in [-0.3, -0.25) is 43.2 Å². The standard InChI is InChI=1S/C25H29NO7.C24H27NO7.C17H21NO2.C17H22O4.C14H18O2.C13H16O2.C8H9NO4/c1-23(8-7-18(29)26-19-15(27)5-4-14(20(19)30)22(31)32-3)17(28)6-9-25-11-13-10-16(21(23)25)33-24(13,2)12-25;1-22(7-6-17(28)25-18-14(26)4-3-13(19(18)29)21(30)31)16(27)5-8-24-10-12-9-15(20(22)24)32-23(12,2)11-24;1-15(5-3-7-18)13(19)4-6-17-9-11-8-12(14(15)17)20-16(11,2)10-17;1-15(5-4-13(19)20)12(18)3-6-17-8-10-7-11(14(15)17)21-16(10,2)9-17;1-8-10(15)3-4-14-6-9-5-11(12(8)14)16-13(9,2)7-14;1-12-7-13-3-2-9(14)5-10(13)11(15-12)4-8(12)6-13;1-13-8(12)4-2-3-5(10)6(9)7(4)11/h4-6,9,13,16,21,27,30H,7-8,10-12H2,1-3H3,(H,26,29);3-5,8,12,15,20,26,29H,6-7,9-11H2,1-2H3,(H,25,28)(H,30,31);4,6,11-12,14H,3,5,8-10H2,1-2H3;3,6,10-11,14H,4-5,7-9H2,1-2H3,(H,19,20);3-4,8-9,11-12H,5-7H2,1-2H3;2-3,8,10-11H,4-7H2,1H3;2-3,10-11H,9H2,1H3/t13?,16?,21?,23-,24?,25?;12?,15?,20?,22-,23?,24?;11?,12?,14?,15-,16?,17?;10?,11?,14?,15-,16?,17?;8-,9?,11?,12?,13?,14?;;/m11111../s1. The topological polar surface area (TPSA) is 514 Å². The molecule has 30 unspecified atom stereocenters. The van der Waals surface area contributed by atoms with Gasteiger partial charge in [0.15, 0.2) is 51.9 Å². The fourth-order valence-electron chi connectivity index (χ4n) is 37.0. The number of nitrogens with zero attached hydrogens (tertiary/aromatic N) is 1. The van der Waals surface area contributed by atoms with E-state index in [0.717, 1.165) is 120 Å². The summed E-state index contributed by atoms with van der Waals surface area (Å²) in [5, 5.41) is 91.0. The van der Waals surface area contributed by atoms with Crippen molar-refractivity contribution in [1.29, 1.82) is 5.26 Å². The fraction of sp³-hybridized carbons (Fsp3) is 0.636. The number of amides is 2. The number of carbonyl (C=O) groups excluding carboxylic acids is 10. The number of aromatic carboxylic acids is 1. The van der Waals surface area contributed by atoms with Gasteiger partial charge in [0, 0.05) is 95.2 Å². The molecule has 24 fully saturated rings. The van der Waals surface area contributed by atoms with Crippen LogP contribution in [0.2, 0.25) is 0 Å². The number of ketones is 6. The Morgan fingerprint density at radius 3 is 1.10 bits per heavy atom. The van der Waals surface area contributed by atoms with Crippen LogP contribution in [0.3, 0.4) is 0 Å². The Balaban J connectivity index is 0.000000105. The van der Waals surface area contributed by atoms with Crippen molar-refractivity contribution in [2.45, 2.75) is 320 Å². The highest BCUT2D eigenvalue weighted by molar-refractivity contribution is 6.04. The number of carboxylic acid groups (broad SMARTS) is 2. The van der Waals surface area contributed by atoms with Gasteiger partial charge in [-0.05, 0) is 324 Å². The van der Waals surface area contributed by atoms with E-state index in [9.17, 15) is 83.1 Å². The number of anilines is 3. The smallest absolute Gasteiger partial charge is 0.341 e. The second-order valence-corrected chi connectivity index (χ2v) is 51.7. The maximum Gasteiger partial charge on any atom is 0.341 e. The zero-order valence-corrected chi connectivity index (χ0v) is 87.7. The Labute approximate surface area is 872 Å². The number of nitrogens with two attached hydrogens (primary N) is 1. The lowest BCUT2D eigenvalue weighted by Gasteiger charge is -2.55. The van der Waals surface area contributed by atoms with E-state index in [1.807, 2.05) is 39.0 Å². The first-order valence-electron chi connectivity index (χ1n) is 53.9. The molecule has 6 spiro atoms. The van der Waals surface area contributed by atoms with Crippen molar-refractivity contribution in [1.82, 2.24) is 0 Å². The minimum absolute atomic E-state index is 0.00395. The molecule has 12 saturated carbocycles. The molecule has 802 valence electrons. The number of rotatable bonds is 16. The first kappa shape index (κ1) is 105. The van der Waals surface area contributed by atoms with Crippen LogP contribution in [0.5, 0.6) is 34.5 Å². The summed E-state index contributed by atoms with van der Waals surface area (Å²) in [6.45, 7) is 23.3. The van der Waals surface area contributed by atoms with Crippen molar-refractivity contribution in [3.8, 4) is 40.6 Å². The molecule has 0 radical (unpaired) electrons.